The Labute approximate surface area is 159 Å². The number of carbonyl (C=O) groups is 1. The Kier molecular flexibility index (Phi) is 3.45. The van der Waals surface area contributed by atoms with Gasteiger partial charge in [0.25, 0.3) is 0 Å². The minimum atomic E-state index is -0.364. The fraction of sp³-hybridized carbons (Fsp3) is 0.611. The number of hydrogen-bond acceptors (Lipinski definition) is 6. The molecule has 0 N–H and O–H groups in total. The first-order chi connectivity index (χ1) is 12.0. The monoisotopic (exact) mass is 458 g/mol. The van der Waals surface area contributed by atoms with Gasteiger partial charge in [-0.3, -0.25) is 4.79 Å². The van der Waals surface area contributed by atoms with Crippen molar-refractivity contribution in [3.63, 3.8) is 0 Å². The summed E-state index contributed by atoms with van der Waals surface area (Å²) in [6.45, 7) is 2.32. The largest absolute Gasteiger partial charge is 0.496 e. The molecule has 0 spiro atoms. The van der Waals surface area contributed by atoms with Crippen molar-refractivity contribution in [3.8, 4) is 17.2 Å². The second-order valence-corrected chi connectivity index (χ2v) is 8.83. The average Bonchev–Trinajstić information content (AvgIpc) is 3.25. The lowest BCUT2D eigenvalue weighted by Gasteiger charge is -2.30. The van der Waals surface area contributed by atoms with Crippen molar-refractivity contribution in [3.05, 3.63) is 17.2 Å². The van der Waals surface area contributed by atoms with Gasteiger partial charge in [0, 0.05) is 34.0 Å². The molecule has 25 heavy (non-hydrogen) atoms. The molecule has 4 bridgehead atoms. The average molecular weight is 458 g/mol. The summed E-state index contributed by atoms with van der Waals surface area (Å²) in [5.41, 5.74) is 1.53. The highest BCUT2D eigenvalue weighted by molar-refractivity contribution is 14.1. The summed E-state index contributed by atoms with van der Waals surface area (Å²) in [6.07, 6.45) is 1.75. The number of ether oxygens (including phenoxy) is 5. The molecule has 4 aliphatic rings. The zero-order valence-electron chi connectivity index (χ0n) is 14.0. The first kappa shape index (κ1) is 16.0. The summed E-state index contributed by atoms with van der Waals surface area (Å²) in [6, 6.07) is 1.84. The molecule has 1 aromatic carbocycles. The van der Waals surface area contributed by atoms with Gasteiger partial charge < -0.3 is 23.7 Å². The van der Waals surface area contributed by atoms with Gasteiger partial charge in [0.2, 0.25) is 6.79 Å². The molecule has 1 unspecified atom stereocenters. The van der Waals surface area contributed by atoms with Crippen LogP contribution in [-0.4, -0.2) is 35.5 Å². The lowest BCUT2D eigenvalue weighted by molar-refractivity contribution is -0.149. The number of halogens is 1. The van der Waals surface area contributed by atoms with E-state index in [2.05, 4.69) is 29.5 Å². The summed E-state index contributed by atoms with van der Waals surface area (Å²) >= 11 is 2.44. The minimum absolute atomic E-state index is 0.0880. The van der Waals surface area contributed by atoms with Gasteiger partial charge in [-0.05, 0) is 13.3 Å². The normalized spacial score (nSPS) is 37.8. The first-order valence-electron chi connectivity index (χ1n) is 8.52. The summed E-state index contributed by atoms with van der Waals surface area (Å²) in [5.74, 6) is 1.71. The van der Waals surface area contributed by atoms with Crippen LogP contribution in [0.2, 0.25) is 0 Å². The van der Waals surface area contributed by atoms with E-state index >= 15 is 0 Å². The quantitative estimate of drug-likeness (QED) is 0.367. The third-order valence-corrected chi connectivity index (χ3v) is 7.66. The minimum Gasteiger partial charge on any atom is -0.496 e. The summed E-state index contributed by atoms with van der Waals surface area (Å²) in [4.78, 5) is 12.5. The number of carbonyl (C=O) groups excluding carboxylic acids is 1. The van der Waals surface area contributed by atoms with Crippen LogP contribution in [0.1, 0.15) is 37.0 Å². The van der Waals surface area contributed by atoms with E-state index in [0.717, 1.165) is 23.3 Å². The van der Waals surface area contributed by atoms with Crippen LogP contribution in [0.15, 0.2) is 6.07 Å². The van der Waals surface area contributed by atoms with Gasteiger partial charge in [-0.1, -0.05) is 22.6 Å². The van der Waals surface area contributed by atoms with E-state index < -0.39 is 0 Å². The number of methoxy groups -OCH3 is 1. The molecule has 5 atom stereocenters. The van der Waals surface area contributed by atoms with E-state index in [0.29, 0.717) is 28.3 Å². The van der Waals surface area contributed by atoms with Gasteiger partial charge in [0.1, 0.15) is 11.9 Å². The van der Waals surface area contributed by atoms with Gasteiger partial charge in [0.15, 0.2) is 11.5 Å². The van der Waals surface area contributed by atoms with Gasteiger partial charge in [-0.15, -0.1) is 0 Å². The summed E-state index contributed by atoms with van der Waals surface area (Å²) in [5, 5.41) is 0. The van der Waals surface area contributed by atoms with Crippen molar-refractivity contribution in [2.24, 2.45) is 5.92 Å². The number of hydrogen-bond donors (Lipinski definition) is 0. The smallest absolute Gasteiger partial charge is 0.312 e. The van der Waals surface area contributed by atoms with Crippen molar-refractivity contribution in [2.45, 2.75) is 47.9 Å². The molecule has 6 nitrogen and oxygen atoms in total. The molecule has 1 aromatic rings. The van der Waals surface area contributed by atoms with Crippen LogP contribution in [-0.2, 0) is 20.7 Å². The number of esters is 1. The van der Waals surface area contributed by atoms with Crippen LogP contribution in [0.3, 0.4) is 0 Å². The maximum absolute atomic E-state index is 12.5. The lowest BCUT2D eigenvalue weighted by atomic mass is 9.84. The molecule has 7 heteroatoms. The molecule has 134 valence electrons. The molecular formula is C18H19IO6. The highest BCUT2D eigenvalue weighted by Gasteiger charge is 2.54. The zero-order valence-corrected chi connectivity index (χ0v) is 16.2. The Balaban J connectivity index is 1.75. The topological polar surface area (TPSA) is 63.2 Å². The third kappa shape index (κ3) is 2.21. The highest BCUT2D eigenvalue weighted by atomic mass is 127. The van der Waals surface area contributed by atoms with Crippen molar-refractivity contribution < 1.29 is 28.5 Å². The van der Waals surface area contributed by atoms with Crippen LogP contribution in [0.4, 0.5) is 0 Å². The molecule has 4 aliphatic heterocycles. The lowest BCUT2D eigenvalue weighted by Crippen LogP contribution is -2.36. The maximum Gasteiger partial charge on any atom is 0.312 e. The standard InChI is InChI=1S/C18H19IO6/c1-18-6-9-15(11(21-2)4-13-16(9)23-7-22-13)12-3-8(17(20)24-12)10(25-18)5-14(18)19/h4,8,10,12,14H,3,5-7H2,1-2H3/t8-,10-,12+,14-,18?/m1/s1. The number of fused-ring (bicyclic) bond motifs is 9. The Morgan fingerprint density at radius 3 is 2.96 bits per heavy atom. The molecule has 2 fully saturated rings. The number of rotatable bonds is 1. The van der Waals surface area contributed by atoms with Crippen molar-refractivity contribution in [1.29, 1.82) is 0 Å². The predicted molar refractivity (Wildman–Crippen MR) is 95.5 cm³/mol. The van der Waals surface area contributed by atoms with E-state index in [1.54, 1.807) is 7.11 Å². The Hall–Kier alpha value is -1.22. The van der Waals surface area contributed by atoms with Crippen LogP contribution < -0.4 is 14.2 Å². The molecular weight excluding hydrogens is 439 g/mol. The van der Waals surface area contributed by atoms with Gasteiger partial charge >= 0.3 is 5.97 Å². The second-order valence-electron chi connectivity index (χ2n) is 7.32. The van der Waals surface area contributed by atoms with Crippen LogP contribution in [0, 0.1) is 5.92 Å². The molecule has 0 aromatic heterocycles. The zero-order chi connectivity index (χ0) is 17.3. The first-order valence-corrected chi connectivity index (χ1v) is 9.76. The molecule has 0 saturated carbocycles. The second kappa shape index (κ2) is 5.39. The summed E-state index contributed by atoms with van der Waals surface area (Å²) in [7, 11) is 1.63. The van der Waals surface area contributed by atoms with E-state index in [1.807, 2.05) is 6.07 Å². The Morgan fingerprint density at radius 1 is 1.32 bits per heavy atom. The highest BCUT2D eigenvalue weighted by Crippen LogP contribution is 2.54. The maximum atomic E-state index is 12.5. The van der Waals surface area contributed by atoms with Crippen LogP contribution in [0.25, 0.3) is 0 Å². The van der Waals surface area contributed by atoms with Gasteiger partial charge in [0.05, 0.1) is 24.7 Å². The Morgan fingerprint density at radius 2 is 2.16 bits per heavy atom. The Bertz CT molecular complexity index is 764. The van der Waals surface area contributed by atoms with E-state index in [9.17, 15) is 4.79 Å². The fourth-order valence-corrected chi connectivity index (χ4v) is 5.42. The van der Waals surface area contributed by atoms with Gasteiger partial charge in [-0.25, -0.2) is 0 Å². The van der Waals surface area contributed by atoms with Crippen molar-refractivity contribution in [2.75, 3.05) is 13.9 Å². The number of benzene rings is 1. The van der Waals surface area contributed by atoms with Gasteiger partial charge in [-0.2, -0.15) is 0 Å². The van der Waals surface area contributed by atoms with E-state index in [-0.39, 0.29) is 36.5 Å². The molecule has 2 saturated heterocycles. The SMILES string of the molecule is COc1cc2c(c3c1[C@@H]1C[C@@H](C(=O)O1)[C@H]1C[C@@H](I)C(C)(C3)O1)OCO2. The molecule has 0 aliphatic carbocycles. The molecule has 0 radical (unpaired) electrons. The van der Waals surface area contributed by atoms with Crippen LogP contribution in [0.5, 0.6) is 17.2 Å². The van der Waals surface area contributed by atoms with E-state index in [1.165, 1.54) is 0 Å². The third-order valence-electron chi connectivity index (χ3n) is 5.84. The van der Waals surface area contributed by atoms with Crippen molar-refractivity contribution in [1.82, 2.24) is 0 Å². The number of alkyl halides is 1. The predicted octanol–water partition coefficient (Wildman–Crippen LogP) is 2.94. The van der Waals surface area contributed by atoms with Crippen LogP contribution >= 0.6 is 22.6 Å². The van der Waals surface area contributed by atoms with Crippen molar-refractivity contribution >= 4 is 28.6 Å². The fourth-order valence-electron chi connectivity index (χ4n) is 4.55. The molecule has 5 rings (SSSR count). The summed E-state index contributed by atoms with van der Waals surface area (Å²) < 4.78 is 29.5. The molecule has 0 amide bonds. The molecule has 4 heterocycles. The van der Waals surface area contributed by atoms with E-state index in [4.69, 9.17) is 23.7 Å².